The summed E-state index contributed by atoms with van der Waals surface area (Å²) in [6.45, 7) is 4.67. The summed E-state index contributed by atoms with van der Waals surface area (Å²) in [5.74, 6) is 0.697. The van der Waals surface area contributed by atoms with Crippen molar-refractivity contribution in [1.29, 1.82) is 0 Å². The van der Waals surface area contributed by atoms with E-state index in [2.05, 4.69) is 4.98 Å². The highest BCUT2D eigenvalue weighted by Crippen LogP contribution is 2.29. The monoisotopic (exact) mass is 312 g/mol. The van der Waals surface area contributed by atoms with E-state index in [-0.39, 0.29) is 11.4 Å². The molecule has 2 aromatic rings. The third-order valence-corrected chi connectivity index (χ3v) is 3.08. The second-order valence-electron chi connectivity index (χ2n) is 4.76. The number of halogens is 2. The van der Waals surface area contributed by atoms with Gasteiger partial charge in [0.1, 0.15) is 5.75 Å². The summed E-state index contributed by atoms with van der Waals surface area (Å²) < 4.78 is 7.05. The Kier molecular flexibility index (Phi) is 4.68. The van der Waals surface area contributed by atoms with Gasteiger partial charge in [-0.15, -0.1) is 0 Å². The van der Waals surface area contributed by atoms with Crippen molar-refractivity contribution in [2.24, 2.45) is 5.92 Å². The van der Waals surface area contributed by atoms with E-state index < -0.39 is 0 Å². The van der Waals surface area contributed by atoms with Crippen LogP contribution < -0.4 is 10.3 Å². The summed E-state index contributed by atoms with van der Waals surface area (Å²) in [5.41, 5.74) is -0.285. The molecule has 20 heavy (non-hydrogen) atoms. The van der Waals surface area contributed by atoms with Gasteiger partial charge in [0.15, 0.2) is 0 Å². The van der Waals surface area contributed by atoms with E-state index in [0.29, 0.717) is 28.3 Å². The molecule has 6 heteroatoms. The highest BCUT2D eigenvalue weighted by molar-refractivity contribution is 6.35. The first-order valence-corrected chi connectivity index (χ1v) is 6.91. The summed E-state index contributed by atoms with van der Waals surface area (Å²) in [4.78, 5) is 16.2. The summed E-state index contributed by atoms with van der Waals surface area (Å²) in [6, 6.07) is 4.79. The van der Waals surface area contributed by atoms with Crippen LogP contribution in [0.2, 0.25) is 10.0 Å². The van der Waals surface area contributed by atoms with E-state index >= 15 is 0 Å². The van der Waals surface area contributed by atoms with Crippen LogP contribution in [0.4, 0.5) is 0 Å². The number of aromatic nitrogens is 2. The molecule has 0 radical (unpaired) electrons. The van der Waals surface area contributed by atoms with Crippen molar-refractivity contribution in [1.82, 2.24) is 9.55 Å². The molecular weight excluding hydrogens is 299 g/mol. The van der Waals surface area contributed by atoms with E-state index in [1.54, 1.807) is 29.0 Å². The van der Waals surface area contributed by atoms with Crippen molar-refractivity contribution in [3.63, 3.8) is 0 Å². The fraction of sp³-hybridized carbons (Fsp3) is 0.286. The number of benzene rings is 1. The van der Waals surface area contributed by atoms with Crippen LogP contribution in [0.15, 0.2) is 35.4 Å². The molecule has 2 rings (SSSR count). The summed E-state index contributed by atoms with van der Waals surface area (Å²) in [5, 5.41) is 0.832. The minimum atomic E-state index is -0.285. The third-order valence-electron chi connectivity index (χ3n) is 2.54. The molecule has 0 aliphatic carbocycles. The van der Waals surface area contributed by atoms with Gasteiger partial charge in [0.25, 0.3) is 5.88 Å². The van der Waals surface area contributed by atoms with E-state index in [1.807, 2.05) is 13.8 Å². The standard InChI is InChI=1S/C14H14Cl2N2O2/c1-9(2)8-18-6-5-17-13(14(18)19)20-12-4-3-10(15)7-11(12)16/h3-7,9H,8H2,1-2H3. The maximum absolute atomic E-state index is 12.2. The van der Waals surface area contributed by atoms with Gasteiger partial charge in [-0.1, -0.05) is 37.0 Å². The van der Waals surface area contributed by atoms with E-state index in [1.165, 1.54) is 6.20 Å². The van der Waals surface area contributed by atoms with Crippen molar-refractivity contribution >= 4 is 23.2 Å². The lowest BCUT2D eigenvalue weighted by Gasteiger charge is -2.10. The smallest absolute Gasteiger partial charge is 0.313 e. The van der Waals surface area contributed by atoms with E-state index in [0.717, 1.165) is 0 Å². The Morgan fingerprint density at radius 1 is 1.35 bits per heavy atom. The van der Waals surface area contributed by atoms with E-state index in [9.17, 15) is 4.79 Å². The third kappa shape index (κ3) is 3.52. The fourth-order valence-electron chi connectivity index (χ4n) is 1.70. The van der Waals surface area contributed by atoms with Gasteiger partial charge < -0.3 is 9.30 Å². The maximum Gasteiger partial charge on any atom is 0.313 e. The molecule has 0 N–H and O–H groups in total. The zero-order chi connectivity index (χ0) is 14.7. The molecule has 0 amide bonds. The lowest BCUT2D eigenvalue weighted by Crippen LogP contribution is -2.23. The lowest BCUT2D eigenvalue weighted by molar-refractivity contribution is 0.432. The Hall–Kier alpha value is -1.52. The normalized spacial score (nSPS) is 10.8. The zero-order valence-electron chi connectivity index (χ0n) is 11.1. The predicted octanol–water partition coefficient (Wildman–Crippen LogP) is 4.00. The van der Waals surface area contributed by atoms with Gasteiger partial charge in [0.05, 0.1) is 5.02 Å². The minimum Gasteiger partial charge on any atom is -0.433 e. The molecule has 1 aromatic heterocycles. The highest BCUT2D eigenvalue weighted by atomic mass is 35.5. The molecule has 0 atom stereocenters. The van der Waals surface area contributed by atoms with Crippen LogP contribution in [0, 0.1) is 5.92 Å². The molecule has 0 aliphatic rings. The fourth-order valence-corrected chi connectivity index (χ4v) is 2.14. The molecule has 0 unspecified atom stereocenters. The average molecular weight is 313 g/mol. The Bertz CT molecular complexity index is 668. The van der Waals surface area contributed by atoms with Gasteiger partial charge >= 0.3 is 5.56 Å². The minimum absolute atomic E-state index is 0.00243. The van der Waals surface area contributed by atoms with Crippen LogP contribution >= 0.6 is 23.2 Å². The Labute approximate surface area is 126 Å². The highest BCUT2D eigenvalue weighted by Gasteiger charge is 2.11. The van der Waals surface area contributed by atoms with Crippen molar-refractivity contribution in [3.8, 4) is 11.6 Å². The largest absolute Gasteiger partial charge is 0.433 e. The first-order valence-electron chi connectivity index (χ1n) is 6.15. The van der Waals surface area contributed by atoms with Crippen LogP contribution in [0.25, 0.3) is 0 Å². The van der Waals surface area contributed by atoms with Gasteiger partial charge in [0.2, 0.25) is 0 Å². The first kappa shape index (κ1) is 14.9. The van der Waals surface area contributed by atoms with Gasteiger partial charge in [-0.25, -0.2) is 4.98 Å². The molecule has 1 aromatic carbocycles. The van der Waals surface area contributed by atoms with Crippen molar-refractivity contribution in [2.75, 3.05) is 0 Å². The average Bonchev–Trinajstić information content (AvgIpc) is 2.36. The van der Waals surface area contributed by atoms with Crippen LogP contribution in [0.1, 0.15) is 13.8 Å². The molecule has 106 valence electrons. The summed E-state index contributed by atoms with van der Waals surface area (Å²) >= 11 is 11.8. The zero-order valence-corrected chi connectivity index (χ0v) is 12.6. The topological polar surface area (TPSA) is 44.1 Å². The molecule has 0 aliphatic heterocycles. The lowest BCUT2D eigenvalue weighted by atomic mass is 10.2. The van der Waals surface area contributed by atoms with Gasteiger partial charge in [-0.3, -0.25) is 4.79 Å². The summed E-state index contributed by atoms with van der Waals surface area (Å²) in [7, 11) is 0. The van der Waals surface area contributed by atoms with Gasteiger partial charge in [-0.2, -0.15) is 0 Å². The van der Waals surface area contributed by atoms with Crippen molar-refractivity contribution in [2.45, 2.75) is 20.4 Å². The predicted molar refractivity (Wildman–Crippen MR) is 79.9 cm³/mol. The molecule has 4 nitrogen and oxygen atoms in total. The molecule has 0 saturated heterocycles. The number of ether oxygens (including phenoxy) is 1. The Balaban J connectivity index is 2.32. The Morgan fingerprint density at radius 2 is 2.10 bits per heavy atom. The van der Waals surface area contributed by atoms with Crippen LogP contribution in [0.3, 0.4) is 0 Å². The van der Waals surface area contributed by atoms with Gasteiger partial charge in [-0.05, 0) is 24.1 Å². The number of nitrogens with zero attached hydrogens (tertiary/aromatic N) is 2. The Morgan fingerprint density at radius 3 is 2.75 bits per heavy atom. The number of rotatable bonds is 4. The molecule has 0 bridgehead atoms. The maximum atomic E-state index is 12.2. The van der Waals surface area contributed by atoms with Crippen LogP contribution in [-0.2, 0) is 6.54 Å². The molecule has 0 fully saturated rings. The molecule has 0 saturated carbocycles. The van der Waals surface area contributed by atoms with Gasteiger partial charge in [0, 0.05) is 24.0 Å². The second kappa shape index (κ2) is 6.29. The molecular formula is C14H14Cl2N2O2. The molecule has 0 spiro atoms. The van der Waals surface area contributed by atoms with Crippen molar-refractivity contribution < 1.29 is 4.74 Å². The molecule has 1 heterocycles. The summed E-state index contributed by atoms with van der Waals surface area (Å²) in [6.07, 6.45) is 3.17. The van der Waals surface area contributed by atoms with Crippen LogP contribution in [0.5, 0.6) is 11.6 Å². The van der Waals surface area contributed by atoms with Crippen molar-refractivity contribution in [3.05, 3.63) is 51.0 Å². The van der Waals surface area contributed by atoms with E-state index in [4.69, 9.17) is 27.9 Å². The first-order chi connectivity index (χ1) is 9.47. The number of hydrogen-bond acceptors (Lipinski definition) is 3. The van der Waals surface area contributed by atoms with Crippen LogP contribution in [-0.4, -0.2) is 9.55 Å². The second-order valence-corrected chi connectivity index (χ2v) is 5.60. The quantitative estimate of drug-likeness (QED) is 0.857. The number of hydrogen-bond donors (Lipinski definition) is 0. The SMILES string of the molecule is CC(C)Cn1ccnc(Oc2ccc(Cl)cc2Cl)c1=O.